The molecule has 0 bridgehead atoms. The Morgan fingerprint density at radius 1 is 1.09 bits per heavy atom. The topological polar surface area (TPSA) is 104 Å². The molecule has 1 amide bonds. The predicted octanol–water partition coefficient (Wildman–Crippen LogP) is 2.55. The standard InChI is InChI=1S/C20H34N6O.C2HF3O2/c1-15(2)12-21-20(27)19-23-22-18-17-14-24(13-16-6-4-3-5-7-16)8-9-25(17)10-11-26(18)19;3-2(4,5)1(6)7/h15-17H,3-14H2,1-2H3,(H,21,27);(H,6,7). The number of nitrogens with one attached hydrogen (secondary N) is 1. The molecule has 9 nitrogen and oxygen atoms in total. The lowest BCUT2D eigenvalue weighted by molar-refractivity contribution is -0.192. The number of hydrogen-bond donors (Lipinski definition) is 2. The quantitative estimate of drug-likeness (QED) is 0.657. The van der Waals surface area contributed by atoms with Crippen LogP contribution >= 0.6 is 0 Å². The zero-order valence-electron chi connectivity index (χ0n) is 19.9. The smallest absolute Gasteiger partial charge is 0.475 e. The molecule has 3 heterocycles. The van der Waals surface area contributed by atoms with Crippen LogP contribution in [0.3, 0.4) is 0 Å². The lowest BCUT2D eigenvalue weighted by Gasteiger charge is -2.44. The van der Waals surface area contributed by atoms with Crippen LogP contribution in [0.4, 0.5) is 13.2 Å². The molecule has 2 aliphatic heterocycles. The van der Waals surface area contributed by atoms with Crippen molar-refractivity contribution in [2.24, 2.45) is 11.8 Å². The summed E-state index contributed by atoms with van der Waals surface area (Å²) in [6.45, 7) is 11.2. The largest absolute Gasteiger partial charge is 0.490 e. The van der Waals surface area contributed by atoms with E-state index in [1.165, 1.54) is 38.6 Å². The number of nitrogens with zero attached hydrogens (tertiary/aromatic N) is 5. The molecule has 1 atom stereocenters. The van der Waals surface area contributed by atoms with Crippen molar-refractivity contribution < 1.29 is 27.9 Å². The van der Waals surface area contributed by atoms with Gasteiger partial charge in [-0.25, -0.2) is 4.79 Å². The zero-order valence-corrected chi connectivity index (χ0v) is 19.9. The third-order valence-electron chi connectivity index (χ3n) is 6.62. The van der Waals surface area contributed by atoms with E-state index in [9.17, 15) is 18.0 Å². The molecular weight excluding hydrogens is 453 g/mol. The van der Waals surface area contributed by atoms with Gasteiger partial charge >= 0.3 is 12.1 Å². The molecular formula is C22H35F3N6O3. The normalized spacial score (nSPS) is 21.9. The van der Waals surface area contributed by atoms with Gasteiger partial charge in [-0.1, -0.05) is 33.1 Å². The number of rotatable bonds is 5. The number of alkyl halides is 3. The maximum Gasteiger partial charge on any atom is 0.490 e. The first kappa shape index (κ1) is 26.4. The van der Waals surface area contributed by atoms with Crippen LogP contribution in [0.2, 0.25) is 0 Å². The van der Waals surface area contributed by atoms with Crippen LogP contribution in [0, 0.1) is 11.8 Å². The average Bonchev–Trinajstić information content (AvgIpc) is 3.23. The lowest BCUT2D eigenvalue weighted by atomic mass is 9.88. The summed E-state index contributed by atoms with van der Waals surface area (Å²) in [6.07, 6.45) is 1.91. The number of carboxylic acids is 1. The van der Waals surface area contributed by atoms with Crippen molar-refractivity contribution in [1.29, 1.82) is 0 Å². The van der Waals surface area contributed by atoms with Crippen molar-refractivity contribution in [3.63, 3.8) is 0 Å². The summed E-state index contributed by atoms with van der Waals surface area (Å²) < 4.78 is 33.8. The van der Waals surface area contributed by atoms with Crippen LogP contribution in [0.5, 0.6) is 0 Å². The van der Waals surface area contributed by atoms with Gasteiger partial charge in [-0.05, 0) is 24.7 Å². The molecule has 1 saturated heterocycles. The summed E-state index contributed by atoms with van der Waals surface area (Å²) in [5.74, 6) is -0.0960. The van der Waals surface area contributed by atoms with Crippen molar-refractivity contribution in [3.05, 3.63) is 11.6 Å². The second-order valence-corrected chi connectivity index (χ2v) is 9.76. The van der Waals surface area contributed by atoms with Gasteiger partial charge in [0.05, 0.1) is 6.04 Å². The van der Waals surface area contributed by atoms with Crippen LogP contribution in [-0.2, 0) is 11.3 Å². The van der Waals surface area contributed by atoms with Gasteiger partial charge in [0.1, 0.15) is 0 Å². The summed E-state index contributed by atoms with van der Waals surface area (Å²) in [7, 11) is 0. The fraction of sp³-hybridized carbons (Fsp3) is 0.818. The SMILES string of the molecule is CC(C)CNC(=O)c1nnc2n1CCN1CCN(CC3CCCCC3)CC21.O=C(O)C(F)(F)F. The minimum Gasteiger partial charge on any atom is -0.475 e. The van der Waals surface area contributed by atoms with E-state index in [4.69, 9.17) is 9.90 Å². The molecule has 1 aliphatic carbocycles. The van der Waals surface area contributed by atoms with Gasteiger partial charge < -0.3 is 15.0 Å². The van der Waals surface area contributed by atoms with Crippen LogP contribution < -0.4 is 5.32 Å². The molecule has 1 aromatic rings. The van der Waals surface area contributed by atoms with Crippen LogP contribution in [0.15, 0.2) is 0 Å². The van der Waals surface area contributed by atoms with Crippen molar-refractivity contribution in [1.82, 2.24) is 29.9 Å². The summed E-state index contributed by atoms with van der Waals surface area (Å²) in [4.78, 5) is 26.6. The number of amides is 1. The van der Waals surface area contributed by atoms with Gasteiger partial charge in [-0.15, -0.1) is 10.2 Å². The van der Waals surface area contributed by atoms with Gasteiger partial charge in [-0.2, -0.15) is 13.2 Å². The lowest BCUT2D eigenvalue weighted by Crippen LogP contribution is -2.53. The van der Waals surface area contributed by atoms with E-state index in [-0.39, 0.29) is 11.9 Å². The Balaban J connectivity index is 0.000000406. The second kappa shape index (κ2) is 11.5. The van der Waals surface area contributed by atoms with E-state index in [2.05, 4.69) is 43.7 Å². The third-order valence-corrected chi connectivity index (χ3v) is 6.62. The maximum atomic E-state index is 12.5. The molecule has 0 aromatic carbocycles. The van der Waals surface area contributed by atoms with E-state index >= 15 is 0 Å². The monoisotopic (exact) mass is 488 g/mol. The first-order valence-electron chi connectivity index (χ1n) is 12.0. The first-order chi connectivity index (χ1) is 16.1. The van der Waals surface area contributed by atoms with Gasteiger partial charge in [0.25, 0.3) is 5.91 Å². The zero-order chi connectivity index (χ0) is 24.9. The fourth-order valence-corrected chi connectivity index (χ4v) is 4.84. The number of halogens is 3. The van der Waals surface area contributed by atoms with Gasteiger partial charge in [0.2, 0.25) is 5.82 Å². The molecule has 192 valence electrons. The molecule has 4 rings (SSSR count). The number of aromatic nitrogens is 3. The Kier molecular flexibility index (Phi) is 8.91. The van der Waals surface area contributed by atoms with Crippen LogP contribution in [0.25, 0.3) is 0 Å². The van der Waals surface area contributed by atoms with E-state index in [0.29, 0.717) is 18.3 Å². The molecule has 1 saturated carbocycles. The summed E-state index contributed by atoms with van der Waals surface area (Å²) in [5, 5.41) is 18.8. The highest BCUT2D eigenvalue weighted by atomic mass is 19.4. The van der Waals surface area contributed by atoms with Crippen molar-refractivity contribution in [2.45, 2.75) is 64.7 Å². The first-order valence-corrected chi connectivity index (χ1v) is 12.0. The van der Waals surface area contributed by atoms with Gasteiger partial charge in [-0.3, -0.25) is 14.6 Å². The Bertz CT molecular complexity index is 838. The number of carboxylic acid groups (broad SMARTS) is 1. The third kappa shape index (κ3) is 6.91. The predicted molar refractivity (Wildman–Crippen MR) is 118 cm³/mol. The minimum atomic E-state index is -5.08. The van der Waals surface area contributed by atoms with Crippen molar-refractivity contribution in [3.8, 4) is 0 Å². The molecule has 3 aliphatic rings. The van der Waals surface area contributed by atoms with E-state index < -0.39 is 12.1 Å². The fourth-order valence-electron chi connectivity index (χ4n) is 4.84. The molecule has 0 radical (unpaired) electrons. The van der Waals surface area contributed by atoms with Crippen LogP contribution in [-0.4, -0.2) is 87.0 Å². The highest BCUT2D eigenvalue weighted by molar-refractivity contribution is 5.90. The molecule has 1 aromatic heterocycles. The van der Waals surface area contributed by atoms with Crippen molar-refractivity contribution >= 4 is 11.9 Å². The van der Waals surface area contributed by atoms with Gasteiger partial charge in [0.15, 0.2) is 5.82 Å². The summed E-state index contributed by atoms with van der Waals surface area (Å²) in [6, 6.07) is 0.273. The molecule has 12 heteroatoms. The molecule has 1 unspecified atom stereocenters. The van der Waals surface area contributed by atoms with Gasteiger partial charge in [0, 0.05) is 45.8 Å². The number of piperazine rings is 1. The number of aliphatic carboxylic acids is 1. The highest BCUT2D eigenvalue weighted by Gasteiger charge is 2.38. The summed E-state index contributed by atoms with van der Waals surface area (Å²) in [5.41, 5.74) is 0. The number of fused-ring (bicyclic) bond motifs is 3. The average molecular weight is 489 g/mol. The van der Waals surface area contributed by atoms with Crippen LogP contribution in [0.1, 0.15) is 68.4 Å². The summed E-state index contributed by atoms with van der Waals surface area (Å²) >= 11 is 0. The number of carbonyl (C=O) groups is 2. The Morgan fingerprint density at radius 3 is 2.35 bits per heavy atom. The van der Waals surface area contributed by atoms with Crippen molar-refractivity contribution in [2.75, 3.05) is 39.3 Å². The minimum absolute atomic E-state index is 0.0919. The Labute approximate surface area is 197 Å². The molecule has 34 heavy (non-hydrogen) atoms. The van der Waals surface area contributed by atoms with E-state index in [0.717, 1.165) is 44.5 Å². The molecule has 2 fully saturated rings. The molecule has 2 N–H and O–H groups in total. The van der Waals surface area contributed by atoms with E-state index in [1.807, 2.05) is 0 Å². The maximum absolute atomic E-state index is 12.5. The number of carbonyl (C=O) groups excluding carboxylic acids is 1. The highest BCUT2D eigenvalue weighted by Crippen LogP contribution is 2.31. The second-order valence-electron chi connectivity index (χ2n) is 9.76. The Hall–Kier alpha value is -2.21. The number of hydrogen-bond acceptors (Lipinski definition) is 6. The Morgan fingerprint density at radius 2 is 1.74 bits per heavy atom. The van der Waals surface area contributed by atoms with E-state index in [1.54, 1.807) is 0 Å². The molecule has 0 spiro atoms.